The molecule has 2 heterocycles. The van der Waals surface area contributed by atoms with Crippen LogP contribution >= 0.6 is 23.2 Å². The monoisotopic (exact) mass is 1510 g/mol. The topological polar surface area (TPSA) is 68.8 Å². The van der Waals surface area contributed by atoms with E-state index in [2.05, 4.69) is 328 Å². The fourth-order valence-electron chi connectivity index (χ4n) is 20.4. The summed E-state index contributed by atoms with van der Waals surface area (Å²) in [6, 6.07) is 44.8. The molecule has 2 N–H and O–H groups in total. The molecule has 0 saturated carbocycles. The van der Waals surface area contributed by atoms with Gasteiger partial charge in [-0.1, -0.05) is 267 Å². The highest BCUT2D eigenvalue weighted by Crippen LogP contribution is 2.56. The Hall–Kier alpha value is -6.86. The summed E-state index contributed by atoms with van der Waals surface area (Å²) in [5, 5.41) is 33.5. The van der Waals surface area contributed by atoms with Gasteiger partial charge >= 0.3 is 0 Å². The van der Waals surface area contributed by atoms with Gasteiger partial charge < -0.3 is 28.8 Å². The molecule has 6 nitrogen and oxygen atoms in total. The van der Waals surface area contributed by atoms with Crippen molar-refractivity contribution in [1.29, 1.82) is 0 Å². The fourth-order valence-corrected chi connectivity index (χ4v) is 21.0. The number of phenols is 2. The first-order valence-corrected chi connectivity index (χ1v) is 41.2. The average molecular weight is 1510 g/mol. The van der Waals surface area contributed by atoms with Crippen LogP contribution in [0.25, 0.3) is 77.2 Å². The number of hydrogen-bond donors (Lipinski definition) is 2. The second-order valence-corrected chi connectivity index (χ2v) is 45.3. The van der Waals surface area contributed by atoms with Crippen molar-refractivity contribution < 1.29 is 19.7 Å². The minimum atomic E-state index is -0.500. The van der Waals surface area contributed by atoms with Gasteiger partial charge in [0.25, 0.3) is 0 Å². The van der Waals surface area contributed by atoms with E-state index in [1.54, 1.807) is 0 Å². The molecule has 0 spiro atoms. The summed E-state index contributed by atoms with van der Waals surface area (Å²) in [5.41, 5.74) is 15.7. The van der Waals surface area contributed by atoms with Crippen molar-refractivity contribution in [3.63, 3.8) is 0 Å². The number of nitrogens with zero attached hydrogens (tertiary/aromatic N) is 2. The van der Waals surface area contributed by atoms with Crippen molar-refractivity contribution >= 4 is 66.8 Å². The highest BCUT2D eigenvalue weighted by Gasteiger charge is 2.40. The highest BCUT2D eigenvalue weighted by molar-refractivity contribution is 6.31. The predicted molar refractivity (Wildman–Crippen MR) is 473 cm³/mol. The number of aryl methyl sites for hydroxylation is 2. The summed E-state index contributed by atoms with van der Waals surface area (Å²) in [6.45, 7) is 74.8. The Labute approximate surface area is 668 Å². The molecule has 10 rings (SSSR count). The van der Waals surface area contributed by atoms with E-state index in [0.29, 0.717) is 50.5 Å². The molecule has 0 radical (unpaired) electrons. The maximum atomic E-state index is 13.9. The molecule has 0 bridgehead atoms. The Morgan fingerprint density at radius 1 is 0.303 bits per heavy atom. The van der Waals surface area contributed by atoms with Gasteiger partial charge in [-0.3, -0.25) is 0 Å². The minimum Gasteiger partial charge on any atom is -0.505 e. The van der Waals surface area contributed by atoms with Crippen LogP contribution in [0.1, 0.15) is 297 Å². The van der Waals surface area contributed by atoms with Crippen LogP contribution in [0.5, 0.6) is 23.0 Å². The third kappa shape index (κ3) is 18.9. The maximum absolute atomic E-state index is 13.9. The maximum Gasteiger partial charge on any atom is 0.151 e. The molecule has 8 aromatic carbocycles. The zero-order valence-corrected chi connectivity index (χ0v) is 74.8. The van der Waals surface area contributed by atoms with Crippen LogP contribution < -0.4 is 9.47 Å². The van der Waals surface area contributed by atoms with Gasteiger partial charge in [0.15, 0.2) is 23.0 Å². The van der Waals surface area contributed by atoms with Crippen molar-refractivity contribution in [2.24, 2.45) is 32.5 Å². The molecule has 588 valence electrons. The second kappa shape index (κ2) is 29.3. The third-order valence-electron chi connectivity index (χ3n) is 22.3. The van der Waals surface area contributed by atoms with Crippen LogP contribution in [0, 0.1) is 46.3 Å². The highest BCUT2D eigenvalue weighted by atomic mass is 35.5. The fraction of sp³-hybridized carbons (Fsp3) is 0.525. The Morgan fingerprint density at radius 2 is 0.541 bits per heavy atom. The Morgan fingerprint density at radius 3 is 0.771 bits per heavy atom. The van der Waals surface area contributed by atoms with Gasteiger partial charge in [-0.15, -0.1) is 0 Å². The molecular formula is C101H136Cl2N2O4. The van der Waals surface area contributed by atoms with Gasteiger partial charge in [0.2, 0.25) is 0 Å². The lowest BCUT2D eigenvalue weighted by molar-refractivity contribution is 0.229. The van der Waals surface area contributed by atoms with E-state index in [-0.39, 0.29) is 78.9 Å². The van der Waals surface area contributed by atoms with Crippen LogP contribution in [-0.4, -0.2) is 32.6 Å². The van der Waals surface area contributed by atoms with Gasteiger partial charge in [0.05, 0.1) is 35.3 Å². The number of halogens is 2. The van der Waals surface area contributed by atoms with Crippen molar-refractivity contribution in [2.75, 3.05) is 13.2 Å². The number of fused-ring (bicyclic) bond motifs is 6. The normalized spacial score (nSPS) is 13.8. The van der Waals surface area contributed by atoms with Crippen LogP contribution in [0.3, 0.4) is 0 Å². The molecule has 0 fully saturated rings. The lowest BCUT2D eigenvalue weighted by atomic mass is 9.71. The van der Waals surface area contributed by atoms with E-state index >= 15 is 0 Å². The van der Waals surface area contributed by atoms with Crippen LogP contribution in [-0.2, 0) is 32.5 Å². The number of aromatic hydroxyl groups is 2. The van der Waals surface area contributed by atoms with Crippen LogP contribution in [0.4, 0.5) is 0 Å². The number of hydrogen-bond acceptors (Lipinski definition) is 4. The summed E-state index contributed by atoms with van der Waals surface area (Å²) < 4.78 is 20.0. The minimum absolute atomic E-state index is 0.0840. The molecule has 0 amide bonds. The summed E-state index contributed by atoms with van der Waals surface area (Å²) >= 11 is 14.1. The predicted octanol–water partition coefficient (Wildman–Crippen LogP) is 30.7. The van der Waals surface area contributed by atoms with Crippen LogP contribution in [0.15, 0.2) is 121 Å². The van der Waals surface area contributed by atoms with Gasteiger partial charge in [-0.25, -0.2) is 0 Å². The quantitative estimate of drug-likeness (QED) is 0.0664. The standard InChI is InChI=1S/C101H136Cl2N2O4/c1-62-44-64(48-70(102)46-62)72-54-78(100(29,30)60-94(15,16)17)88(84(86(72)106)104-80-38-34-66(96(21,22)56-90(3,4)5)50-74(80)75-51-67(35-39-81(75)104)97(23,24)57-91(6,7)8)108-42-33-43-109-89-79(101(31,32)61-95(18,19)20)55-73(65-45-63(2)47-71(103)49-65)87(107)85(89)105-82-40-36-68(98(25,26)58-92(9,10)11)52-76(82)77-53-69(37-41-83(77)105)99(27,28)59-93(12,13)14/h34-41,44-55,106-107H,33,42-43,56-61H2,1-32H3. The van der Waals surface area contributed by atoms with E-state index in [0.717, 1.165) is 116 Å². The Bertz CT molecular complexity index is 4540. The van der Waals surface area contributed by atoms with E-state index in [1.807, 2.05) is 24.3 Å². The lowest BCUT2D eigenvalue weighted by Crippen LogP contribution is -2.27. The zero-order valence-electron chi connectivity index (χ0n) is 73.3. The summed E-state index contributed by atoms with van der Waals surface area (Å²) in [6.07, 6.45) is 6.03. The summed E-state index contributed by atoms with van der Waals surface area (Å²) in [7, 11) is 0. The average Bonchev–Trinajstić information content (AvgIpc) is 1.60. The molecule has 0 aliphatic rings. The second-order valence-electron chi connectivity index (χ2n) is 44.4. The Balaban J connectivity index is 1.24. The van der Waals surface area contributed by atoms with Crippen molar-refractivity contribution in [3.8, 4) is 56.6 Å². The molecule has 0 unspecified atom stereocenters. The molecule has 0 aliphatic carbocycles. The number of aromatic nitrogens is 2. The SMILES string of the molecule is Cc1cc(Cl)cc(-c2cc(C(C)(C)CC(C)(C)C)c(OCCCOc3c(C(C)(C)CC(C)(C)C)cc(-c4cc(C)cc(Cl)c4)c(O)c3-n3c4ccc(C(C)(C)CC(C)(C)C)cc4c4cc(C(C)(C)CC(C)(C)C)ccc43)c(-n3c4ccc(C(C)(C)CC(C)(C)C)cc4c4cc(C(C)(C)CC(C)(C)C)ccc43)c2O)c1. The first-order valence-electron chi connectivity index (χ1n) is 40.5. The number of ether oxygens (including phenoxy) is 2. The molecule has 109 heavy (non-hydrogen) atoms. The molecule has 8 heteroatoms. The van der Waals surface area contributed by atoms with E-state index < -0.39 is 10.8 Å². The number of rotatable bonds is 22. The van der Waals surface area contributed by atoms with E-state index in [9.17, 15) is 10.2 Å². The third-order valence-corrected chi connectivity index (χ3v) is 22.8. The number of benzene rings is 8. The smallest absolute Gasteiger partial charge is 0.151 e. The number of phenolic OH excluding ortho intramolecular Hbond substituents is 2. The van der Waals surface area contributed by atoms with Gasteiger partial charge in [0.1, 0.15) is 11.4 Å². The first-order chi connectivity index (χ1) is 49.7. The molecular weight excluding hydrogens is 1380 g/mol. The van der Waals surface area contributed by atoms with Gasteiger partial charge in [0, 0.05) is 60.3 Å². The molecule has 2 aromatic heterocycles. The van der Waals surface area contributed by atoms with Gasteiger partial charge in [-0.2, -0.15) is 0 Å². The summed E-state index contributed by atoms with van der Waals surface area (Å²) in [5.74, 6) is 1.46. The van der Waals surface area contributed by atoms with E-state index in [4.69, 9.17) is 32.7 Å². The van der Waals surface area contributed by atoms with Crippen molar-refractivity contribution in [2.45, 2.75) is 299 Å². The summed E-state index contributed by atoms with van der Waals surface area (Å²) in [4.78, 5) is 0. The first kappa shape index (κ1) is 84.6. The Kier molecular flexibility index (Phi) is 22.7. The van der Waals surface area contributed by atoms with E-state index in [1.165, 1.54) is 22.3 Å². The molecule has 10 aromatic rings. The van der Waals surface area contributed by atoms with Crippen LogP contribution in [0.2, 0.25) is 10.0 Å². The molecule has 0 aliphatic heterocycles. The molecule has 0 atom stereocenters. The van der Waals surface area contributed by atoms with Gasteiger partial charge in [-0.05, 0) is 247 Å². The zero-order chi connectivity index (χ0) is 81.2. The largest absolute Gasteiger partial charge is 0.505 e. The lowest BCUT2D eigenvalue weighted by Gasteiger charge is -2.36. The van der Waals surface area contributed by atoms with Crippen molar-refractivity contribution in [1.82, 2.24) is 9.13 Å². The molecule has 0 saturated heterocycles. The van der Waals surface area contributed by atoms with Crippen molar-refractivity contribution in [3.05, 3.63) is 176 Å².